The summed E-state index contributed by atoms with van der Waals surface area (Å²) >= 11 is 0. The van der Waals surface area contributed by atoms with Gasteiger partial charge in [0.15, 0.2) is 0 Å². The van der Waals surface area contributed by atoms with Crippen LogP contribution in [0, 0.1) is 0 Å². The number of urea groups is 1. The molecule has 0 bridgehead atoms. The van der Waals surface area contributed by atoms with E-state index in [1.165, 1.54) is 6.92 Å². The van der Waals surface area contributed by atoms with E-state index in [2.05, 4.69) is 15.6 Å². The van der Waals surface area contributed by atoms with E-state index in [0.29, 0.717) is 0 Å². The number of aromatic nitrogens is 1. The largest absolute Gasteiger partial charge is 0.481 e. The van der Waals surface area contributed by atoms with Crippen molar-refractivity contribution < 1.29 is 27.9 Å². The number of anilines is 1. The van der Waals surface area contributed by atoms with Gasteiger partial charge in [0.1, 0.15) is 5.69 Å². The second-order valence-electron chi connectivity index (χ2n) is 4.03. The average Bonchev–Trinajstić information content (AvgIpc) is 2.26. The van der Waals surface area contributed by atoms with Gasteiger partial charge in [0, 0.05) is 6.04 Å². The maximum absolute atomic E-state index is 12.3. The van der Waals surface area contributed by atoms with Gasteiger partial charge in [-0.15, -0.1) is 0 Å². The van der Waals surface area contributed by atoms with E-state index in [0.717, 1.165) is 18.3 Å². The van der Waals surface area contributed by atoms with Gasteiger partial charge in [0.25, 0.3) is 0 Å². The molecule has 20 heavy (non-hydrogen) atoms. The molecule has 0 saturated carbocycles. The number of rotatable bonds is 4. The normalized spacial score (nSPS) is 12.6. The lowest BCUT2D eigenvalue weighted by molar-refractivity contribution is -0.141. The van der Waals surface area contributed by atoms with E-state index in [4.69, 9.17) is 5.11 Å². The molecule has 1 aromatic heterocycles. The number of pyridine rings is 1. The maximum Gasteiger partial charge on any atom is 0.433 e. The molecule has 0 aliphatic rings. The van der Waals surface area contributed by atoms with Crippen molar-refractivity contribution in [1.29, 1.82) is 0 Å². The molecular weight excluding hydrogens is 279 g/mol. The van der Waals surface area contributed by atoms with Crippen LogP contribution in [-0.4, -0.2) is 28.1 Å². The zero-order valence-electron chi connectivity index (χ0n) is 10.4. The summed E-state index contributed by atoms with van der Waals surface area (Å²) in [5.41, 5.74) is -0.999. The molecular formula is C11H12F3N3O3. The molecule has 6 nitrogen and oxygen atoms in total. The predicted molar refractivity (Wildman–Crippen MR) is 63.1 cm³/mol. The minimum absolute atomic E-state index is 0.0676. The van der Waals surface area contributed by atoms with E-state index in [1.807, 2.05) is 0 Å². The van der Waals surface area contributed by atoms with Crippen LogP contribution in [0.15, 0.2) is 18.3 Å². The van der Waals surface area contributed by atoms with E-state index in [-0.39, 0.29) is 12.1 Å². The first-order chi connectivity index (χ1) is 9.18. The number of amides is 2. The van der Waals surface area contributed by atoms with E-state index in [9.17, 15) is 22.8 Å². The summed E-state index contributed by atoms with van der Waals surface area (Å²) in [7, 11) is 0. The second kappa shape index (κ2) is 6.22. The third-order valence-corrected chi connectivity index (χ3v) is 2.17. The summed E-state index contributed by atoms with van der Waals surface area (Å²) in [4.78, 5) is 25.0. The van der Waals surface area contributed by atoms with Crippen LogP contribution in [-0.2, 0) is 11.0 Å². The Morgan fingerprint density at radius 2 is 2.05 bits per heavy atom. The van der Waals surface area contributed by atoms with Crippen LogP contribution in [0.1, 0.15) is 19.0 Å². The molecule has 1 heterocycles. The Labute approximate surface area is 112 Å². The number of hydrogen-bond acceptors (Lipinski definition) is 3. The smallest absolute Gasteiger partial charge is 0.433 e. The van der Waals surface area contributed by atoms with Crippen LogP contribution >= 0.6 is 0 Å². The summed E-state index contributed by atoms with van der Waals surface area (Å²) in [6.45, 7) is 1.48. The Bertz CT molecular complexity index is 488. The molecule has 0 radical (unpaired) electrons. The maximum atomic E-state index is 12.3. The molecule has 1 atom stereocenters. The number of hydrogen-bond donors (Lipinski definition) is 3. The number of carboxylic acid groups (broad SMARTS) is 1. The Morgan fingerprint density at radius 3 is 2.50 bits per heavy atom. The van der Waals surface area contributed by atoms with E-state index < -0.39 is 29.9 Å². The Balaban J connectivity index is 2.56. The monoisotopic (exact) mass is 291 g/mol. The molecule has 1 unspecified atom stereocenters. The zero-order valence-corrected chi connectivity index (χ0v) is 10.4. The van der Waals surface area contributed by atoms with E-state index in [1.54, 1.807) is 0 Å². The molecule has 110 valence electrons. The van der Waals surface area contributed by atoms with Gasteiger partial charge in [-0.2, -0.15) is 13.2 Å². The van der Waals surface area contributed by atoms with Crippen LogP contribution in [0.4, 0.5) is 23.7 Å². The highest BCUT2D eigenvalue weighted by Gasteiger charge is 2.32. The highest BCUT2D eigenvalue weighted by atomic mass is 19.4. The third kappa shape index (κ3) is 5.12. The van der Waals surface area contributed by atoms with E-state index >= 15 is 0 Å². The number of carbonyl (C=O) groups excluding carboxylic acids is 1. The highest BCUT2D eigenvalue weighted by Crippen LogP contribution is 2.27. The molecule has 0 spiro atoms. The number of carboxylic acids is 1. The van der Waals surface area contributed by atoms with Gasteiger partial charge < -0.3 is 15.7 Å². The van der Waals surface area contributed by atoms with Crippen LogP contribution in [0.5, 0.6) is 0 Å². The fourth-order valence-electron chi connectivity index (χ4n) is 1.34. The molecule has 0 saturated heterocycles. The van der Waals surface area contributed by atoms with Crippen LogP contribution in [0.3, 0.4) is 0 Å². The Morgan fingerprint density at radius 1 is 1.40 bits per heavy atom. The Hall–Kier alpha value is -2.32. The lowest BCUT2D eigenvalue weighted by Gasteiger charge is -2.13. The predicted octanol–water partition coefficient (Wildman–Crippen LogP) is 2.09. The number of nitrogens with zero attached hydrogens (tertiary/aromatic N) is 1. The lowest BCUT2D eigenvalue weighted by Crippen LogP contribution is -2.37. The SMILES string of the molecule is CC(CC(=O)O)NC(=O)Nc1ccc(C(F)(F)F)nc1. The molecule has 2 amide bonds. The van der Waals surface area contributed by atoms with Crippen molar-refractivity contribution in [1.82, 2.24) is 10.3 Å². The molecule has 0 aliphatic heterocycles. The minimum Gasteiger partial charge on any atom is -0.481 e. The summed E-state index contributed by atoms with van der Waals surface area (Å²) in [5.74, 6) is -1.08. The molecule has 0 aliphatic carbocycles. The first-order valence-electron chi connectivity index (χ1n) is 5.51. The quantitative estimate of drug-likeness (QED) is 0.792. The molecule has 1 rings (SSSR count). The fraction of sp³-hybridized carbons (Fsp3) is 0.364. The van der Waals surface area contributed by atoms with Crippen LogP contribution < -0.4 is 10.6 Å². The first kappa shape index (κ1) is 15.7. The van der Waals surface area contributed by atoms with Gasteiger partial charge in [0.05, 0.1) is 18.3 Å². The van der Waals surface area contributed by atoms with Gasteiger partial charge in [-0.3, -0.25) is 4.79 Å². The summed E-state index contributed by atoms with van der Waals surface area (Å²) in [5, 5.41) is 13.1. The highest BCUT2D eigenvalue weighted by molar-refractivity contribution is 5.89. The van der Waals surface area contributed by atoms with Gasteiger partial charge >= 0.3 is 18.2 Å². The van der Waals surface area contributed by atoms with Crippen molar-refractivity contribution in [2.75, 3.05) is 5.32 Å². The lowest BCUT2D eigenvalue weighted by atomic mass is 10.2. The Kier molecular flexibility index (Phi) is 4.89. The minimum atomic E-state index is -4.54. The van der Waals surface area contributed by atoms with Gasteiger partial charge in [-0.05, 0) is 19.1 Å². The summed E-state index contributed by atoms with van der Waals surface area (Å²) < 4.78 is 36.8. The standard InChI is InChI=1S/C11H12F3N3O3/c1-6(4-9(18)19)16-10(20)17-7-2-3-8(15-5-7)11(12,13)14/h2-3,5-6H,4H2,1H3,(H,18,19)(H2,16,17,20). The zero-order chi connectivity index (χ0) is 15.3. The van der Waals surface area contributed by atoms with Crippen molar-refractivity contribution in [2.24, 2.45) is 0 Å². The molecule has 3 N–H and O–H groups in total. The van der Waals surface area contributed by atoms with Crippen LogP contribution in [0.25, 0.3) is 0 Å². The van der Waals surface area contributed by atoms with Gasteiger partial charge in [0.2, 0.25) is 0 Å². The number of aliphatic carboxylic acids is 1. The number of carbonyl (C=O) groups is 2. The van der Waals surface area contributed by atoms with Crippen LogP contribution in [0.2, 0.25) is 0 Å². The van der Waals surface area contributed by atoms with Crippen molar-refractivity contribution in [2.45, 2.75) is 25.6 Å². The summed E-state index contributed by atoms with van der Waals surface area (Å²) in [6, 6.07) is 0.448. The van der Waals surface area contributed by atoms with Crippen molar-refractivity contribution in [3.05, 3.63) is 24.0 Å². The molecule has 0 fully saturated rings. The molecule has 1 aromatic rings. The van der Waals surface area contributed by atoms with Gasteiger partial charge in [-0.25, -0.2) is 9.78 Å². The first-order valence-corrected chi connectivity index (χ1v) is 5.51. The van der Waals surface area contributed by atoms with Crippen molar-refractivity contribution >= 4 is 17.7 Å². The number of halogens is 3. The number of nitrogens with one attached hydrogen (secondary N) is 2. The topological polar surface area (TPSA) is 91.3 Å². The third-order valence-electron chi connectivity index (χ3n) is 2.17. The molecule has 9 heteroatoms. The van der Waals surface area contributed by atoms with Crippen molar-refractivity contribution in [3.63, 3.8) is 0 Å². The fourth-order valence-corrected chi connectivity index (χ4v) is 1.34. The second-order valence-corrected chi connectivity index (χ2v) is 4.03. The molecule has 0 aromatic carbocycles. The van der Waals surface area contributed by atoms with Crippen molar-refractivity contribution in [3.8, 4) is 0 Å². The average molecular weight is 291 g/mol. The summed E-state index contributed by atoms with van der Waals surface area (Å²) in [6.07, 6.45) is -3.94. The number of alkyl halides is 3. The van der Waals surface area contributed by atoms with Gasteiger partial charge in [-0.1, -0.05) is 0 Å².